The summed E-state index contributed by atoms with van der Waals surface area (Å²) in [5.41, 5.74) is 2.33. The summed E-state index contributed by atoms with van der Waals surface area (Å²) in [6, 6.07) is 14.4. The van der Waals surface area contributed by atoms with Crippen LogP contribution in [0.1, 0.15) is 11.1 Å². The van der Waals surface area contributed by atoms with E-state index < -0.39 is 0 Å². The Hall–Kier alpha value is -1.88. The van der Waals surface area contributed by atoms with Crippen LogP contribution in [0.25, 0.3) is 6.08 Å². The minimum absolute atomic E-state index is 0.247. The van der Waals surface area contributed by atoms with Gasteiger partial charge >= 0.3 is 6.03 Å². The molecule has 116 valence electrons. The van der Waals surface area contributed by atoms with Gasteiger partial charge in [-0.3, -0.25) is 4.90 Å². The number of nitrogens with zero attached hydrogens (tertiary/aromatic N) is 1. The van der Waals surface area contributed by atoms with Crippen molar-refractivity contribution in [1.29, 1.82) is 0 Å². The van der Waals surface area contributed by atoms with E-state index in [2.05, 4.69) is 5.32 Å². The maximum absolute atomic E-state index is 12.2. The lowest BCUT2D eigenvalue weighted by atomic mass is 10.2. The van der Waals surface area contributed by atoms with Crippen LogP contribution in [0.3, 0.4) is 0 Å². The molecule has 1 aliphatic heterocycles. The van der Waals surface area contributed by atoms with E-state index in [4.69, 9.17) is 35.4 Å². The number of rotatable bonds is 3. The van der Waals surface area contributed by atoms with Crippen LogP contribution in [0.15, 0.2) is 54.2 Å². The van der Waals surface area contributed by atoms with Gasteiger partial charge in [0.05, 0.1) is 12.2 Å². The third kappa shape index (κ3) is 3.55. The first-order valence-corrected chi connectivity index (χ1v) is 8.04. The van der Waals surface area contributed by atoms with Gasteiger partial charge < -0.3 is 5.32 Å². The largest absolute Gasteiger partial charge is 0.327 e. The quantitative estimate of drug-likeness (QED) is 0.622. The molecule has 1 N–H and O–H groups in total. The summed E-state index contributed by atoms with van der Waals surface area (Å²) in [5.74, 6) is 0. The highest BCUT2D eigenvalue weighted by Crippen LogP contribution is 2.22. The summed E-state index contributed by atoms with van der Waals surface area (Å²) in [7, 11) is 0. The van der Waals surface area contributed by atoms with Crippen LogP contribution in [0.2, 0.25) is 10.0 Å². The van der Waals surface area contributed by atoms with Gasteiger partial charge in [0.25, 0.3) is 0 Å². The van der Waals surface area contributed by atoms with Crippen molar-refractivity contribution in [3.63, 3.8) is 0 Å². The molecule has 1 heterocycles. The summed E-state index contributed by atoms with van der Waals surface area (Å²) >= 11 is 17.4. The van der Waals surface area contributed by atoms with E-state index in [1.54, 1.807) is 24.3 Å². The molecule has 0 spiro atoms. The van der Waals surface area contributed by atoms with E-state index in [-0.39, 0.29) is 6.03 Å². The van der Waals surface area contributed by atoms with E-state index in [0.29, 0.717) is 27.3 Å². The van der Waals surface area contributed by atoms with Gasteiger partial charge in [-0.25, -0.2) is 4.79 Å². The number of carbonyl (C=O) groups excluding carboxylic acids is 1. The molecule has 2 amide bonds. The van der Waals surface area contributed by atoms with Crippen LogP contribution >= 0.6 is 35.4 Å². The van der Waals surface area contributed by atoms with E-state index in [9.17, 15) is 4.79 Å². The average Bonchev–Trinajstić information content (AvgIpc) is 2.79. The Morgan fingerprint density at radius 2 is 1.78 bits per heavy atom. The van der Waals surface area contributed by atoms with Crippen LogP contribution in [-0.2, 0) is 6.54 Å². The summed E-state index contributed by atoms with van der Waals surface area (Å²) in [5, 5.41) is 4.04. The molecule has 0 bridgehead atoms. The van der Waals surface area contributed by atoms with Gasteiger partial charge in [-0.05, 0) is 35.4 Å². The van der Waals surface area contributed by atoms with Gasteiger partial charge in [0.15, 0.2) is 0 Å². The van der Waals surface area contributed by atoms with Gasteiger partial charge in [0.2, 0.25) is 0 Å². The molecule has 0 saturated carbocycles. The van der Waals surface area contributed by atoms with Crippen molar-refractivity contribution in [3.05, 3.63) is 75.4 Å². The Balaban J connectivity index is 1.82. The predicted octanol–water partition coefficient (Wildman–Crippen LogP) is 4.89. The molecule has 0 unspecified atom stereocenters. The molecule has 3 nitrogen and oxygen atoms in total. The molecule has 0 aliphatic carbocycles. The maximum Gasteiger partial charge on any atom is 0.327 e. The van der Waals surface area contributed by atoms with Gasteiger partial charge in [-0.15, -0.1) is 0 Å². The first-order valence-electron chi connectivity index (χ1n) is 6.88. The Labute approximate surface area is 149 Å². The van der Waals surface area contributed by atoms with E-state index in [1.165, 1.54) is 4.90 Å². The first kappa shape index (κ1) is 16.0. The second-order valence-corrected chi connectivity index (χ2v) is 6.26. The molecule has 0 atom stereocenters. The van der Waals surface area contributed by atoms with E-state index in [0.717, 1.165) is 11.1 Å². The molecule has 6 heteroatoms. The molecule has 3 rings (SSSR count). The zero-order chi connectivity index (χ0) is 16.4. The predicted molar refractivity (Wildman–Crippen MR) is 97.6 cm³/mol. The normalized spacial score (nSPS) is 16.1. The highest BCUT2D eigenvalue weighted by atomic mass is 35.5. The van der Waals surface area contributed by atoms with Crippen LogP contribution in [0.4, 0.5) is 4.79 Å². The summed E-state index contributed by atoms with van der Waals surface area (Å²) in [4.78, 5) is 14.1. The standard InChI is InChI=1S/C17H12Cl2N2OS/c18-13-7-5-11(6-8-13)10-21-16(23)15(20-17(21)22)9-12-3-1-2-4-14(12)19/h1-9H,10H2,(H,20,22)/b15-9-. The highest BCUT2D eigenvalue weighted by Gasteiger charge is 2.30. The van der Waals surface area contributed by atoms with Crippen molar-refractivity contribution in [2.75, 3.05) is 0 Å². The lowest BCUT2D eigenvalue weighted by Crippen LogP contribution is -2.29. The zero-order valence-corrected chi connectivity index (χ0v) is 14.3. The molecule has 2 aromatic carbocycles. The Bertz CT molecular complexity index is 802. The van der Waals surface area contributed by atoms with Crippen LogP contribution in [0.5, 0.6) is 0 Å². The number of hydrogen-bond acceptors (Lipinski definition) is 2. The van der Waals surface area contributed by atoms with Gasteiger partial charge in [0.1, 0.15) is 4.99 Å². The molecular weight excluding hydrogens is 351 g/mol. The average molecular weight is 363 g/mol. The first-order chi connectivity index (χ1) is 11.0. The number of nitrogens with one attached hydrogen (secondary N) is 1. The third-order valence-electron chi connectivity index (χ3n) is 3.42. The van der Waals surface area contributed by atoms with Gasteiger partial charge in [-0.2, -0.15) is 0 Å². The smallest absolute Gasteiger partial charge is 0.305 e. The third-order valence-corrected chi connectivity index (χ3v) is 4.46. The number of thiocarbonyl (C=S) groups is 1. The monoisotopic (exact) mass is 362 g/mol. The molecule has 2 aromatic rings. The molecule has 1 fully saturated rings. The SMILES string of the molecule is O=C1N/C(=C\c2ccccc2Cl)C(=S)N1Cc1ccc(Cl)cc1. The fraction of sp³-hybridized carbons (Fsp3) is 0.0588. The minimum atomic E-state index is -0.247. The minimum Gasteiger partial charge on any atom is -0.305 e. The van der Waals surface area contributed by atoms with Crippen molar-refractivity contribution in [2.45, 2.75) is 6.54 Å². The topological polar surface area (TPSA) is 32.3 Å². The van der Waals surface area contributed by atoms with Crippen LogP contribution in [-0.4, -0.2) is 15.9 Å². The van der Waals surface area contributed by atoms with Crippen molar-refractivity contribution < 1.29 is 4.79 Å². The Kier molecular flexibility index (Phi) is 4.66. The number of urea groups is 1. The van der Waals surface area contributed by atoms with Gasteiger partial charge in [-0.1, -0.05) is 65.8 Å². The zero-order valence-electron chi connectivity index (χ0n) is 11.9. The van der Waals surface area contributed by atoms with Crippen LogP contribution < -0.4 is 5.32 Å². The molecule has 1 aliphatic rings. The summed E-state index contributed by atoms with van der Waals surface area (Å²) in [6.07, 6.45) is 1.78. The van der Waals surface area contributed by atoms with E-state index in [1.807, 2.05) is 30.3 Å². The number of amides is 2. The lowest BCUT2D eigenvalue weighted by Gasteiger charge is -2.14. The fourth-order valence-electron chi connectivity index (χ4n) is 2.24. The van der Waals surface area contributed by atoms with Crippen molar-refractivity contribution in [2.24, 2.45) is 0 Å². The molecule has 0 radical (unpaired) electrons. The molecule has 23 heavy (non-hydrogen) atoms. The van der Waals surface area contributed by atoms with E-state index >= 15 is 0 Å². The molecular formula is C17H12Cl2N2OS. The van der Waals surface area contributed by atoms with Crippen molar-refractivity contribution in [3.8, 4) is 0 Å². The Morgan fingerprint density at radius 1 is 1.09 bits per heavy atom. The number of hydrogen-bond donors (Lipinski definition) is 1. The maximum atomic E-state index is 12.2. The molecule has 0 aromatic heterocycles. The van der Waals surface area contributed by atoms with Crippen molar-refractivity contribution >= 4 is 52.5 Å². The summed E-state index contributed by atoms with van der Waals surface area (Å²) < 4.78 is 0. The second kappa shape index (κ2) is 6.71. The lowest BCUT2D eigenvalue weighted by molar-refractivity contribution is 0.228. The number of benzene rings is 2. The highest BCUT2D eigenvalue weighted by molar-refractivity contribution is 7.80. The van der Waals surface area contributed by atoms with Crippen LogP contribution in [0, 0.1) is 0 Å². The van der Waals surface area contributed by atoms with Crippen molar-refractivity contribution in [1.82, 2.24) is 10.2 Å². The Morgan fingerprint density at radius 3 is 2.48 bits per heavy atom. The molecule has 1 saturated heterocycles. The number of carbonyl (C=O) groups is 1. The fourth-order valence-corrected chi connectivity index (χ4v) is 2.81. The summed E-state index contributed by atoms with van der Waals surface area (Å²) in [6.45, 7) is 0.391. The number of halogens is 2. The second-order valence-electron chi connectivity index (χ2n) is 5.03. The van der Waals surface area contributed by atoms with Gasteiger partial charge in [0, 0.05) is 10.0 Å².